The molecule has 2 aromatic carbocycles. The van der Waals surface area contributed by atoms with Crippen LogP contribution in [0.15, 0.2) is 42.5 Å². The van der Waals surface area contributed by atoms with Gasteiger partial charge in [-0.15, -0.1) is 0 Å². The average molecular weight is 281 g/mol. The molecule has 0 aliphatic carbocycles. The number of carbonyl (C=O) groups is 1. The summed E-state index contributed by atoms with van der Waals surface area (Å²) in [7, 11) is 1.53. The van der Waals surface area contributed by atoms with Crippen LogP contribution in [0.5, 0.6) is 17.2 Å². The van der Waals surface area contributed by atoms with E-state index in [0.717, 1.165) is 0 Å². The lowest BCUT2D eigenvalue weighted by Crippen LogP contribution is -1.96. The summed E-state index contributed by atoms with van der Waals surface area (Å²) in [6, 6.07) is 14.0. The number of nitrogens with zero attached hydrogens (tertiary/aromatic N) is 1. The fraction of sp³-hybridized carbons (Fsp3) is 0.176. The molecule has 0 N–H and O–H groups in total. The van der Waals surface area contributed by atoms with E-state index in [-0.39, 0.29) is 5.78 Å². The van der Waals surface area contributed by atoms with Gasteiger partial charge in [-0.2, -0.15) is 5.26 Å². The maximum absolute atomic E-state index is 11.7. The topological polar surface area (TPSA) is 59.3 Å². The molecule has 0 aromatic heterocycles. The molecule has 0 fully saturated rings. The predicted molar refractivity (Wildman–Crippen MR) is 78.8 cm³/mol. The van der Waals surface area contributed by atoms with Crippen molar-refractivity contribution in [1.29, 1.82) is 5.26 Å². The summed E-state index contributed by atoms with van der Waals surface area (Å²) >= 11 is 0. The molecule has 4 nitrogen and oxygen atoms in total. The summed E-state index contributed by atoms with van der Waals surface area (Å²) < 4.78 is 10.8. The number of hydrogen-bond acceptors (Lipinski definition) is 4. The number of Topliss-reactive ketones (excluding diaryl/α,β-unsaturated/α-hetero) is 1. The summed E-state index contributed by atoms with van der Waals surface area (Å²) in [6.45, 7) is 1.82. The first kappa shape index (κ1) is 14.6. The van der Waals surface area contributed by atoms with Gasteiger partial charge in [0.2, 0.25) is 0 Å². The zero-order chi connectivity index (χ0) is 15.2. The van der Waals surface area contributed by atoms with Gasteiger partial charge in [-0.3, -0.25) is 4.79 Å². The Hall–Kier alpha value is -2.80. The molecular weight excluding hydrogens is 266 g/mol. The number of ether oxygens (including phenoxy) is 2. The monoisotopic (exact) mass is 281 g/mol. The molecule has 0 unspecified atom stereocenters. The lowest BCUT2D eigenvalue weighted by atomic mass is 10.1. The number of methoxy groups -OCH3 is 1. The van der Waals surface area contributed by atoms with Gasteiger partial charge in [-0.1, -0.05) is 19.1 Å². The highest BCUT2D eigenvalue weighted by molar-refractivity contribution is 5.96. The highest BCUT2D eigenvalue weighted by atomic mass is 16.5. The molecule has 0 amide bonds. The molecule has 4 heteroatoms. The molecule has 2 aromatic rings. The van der Waals surface area contributed by atoms with Crippen LogP contribution in [0.2, 0.25) is 0 Å². The Bertz CT molecular complexity index is 701. The van der Waals surface area contributed by atoms with Crippen LogP contribution < -0.4 is 9.47 Å². The van der Waals surface area contributed by atoms with E-state index < -0.39 is 0 Å². The lowest BCUT2D eigenvalue weighted by molar-refractivity contribution is 0.0988. The molecule has 0 radical (unpaired) electrons. The van der Waals surface area contributed by atoms with Crippen molar-refractivity contribution in [2.45, 2.75) is 13.3 Å². The predicted octanol–water partition coefficient (Wildman–Crippen LogP) is 3.95. The van der Waals surface area contributed by atoms with Crippen LogP contribution in [0.3, 0.4) is 0 Å². The third kappa shape index (κ3) is 3.61. The minimum atomic E-state index is 0.0591. The van der Waals surface area contributed by atoms with Crippen molar-refractivity contribution >= 4 is 5.78 Å². The second-order valence-corrected chi connectivity index (χ2v) is 4.42. The molecule has 0 heterocycles. The Morgan fingerprint density at radius 1 is 1.14 bits per heavy atom. The van der Waals surface area contributed by atoms with Crippen molar-refractivity contribution in [2.75, 3.05) is 7.11 Å². The number of nitriles is 1. The molecule has 0 saturated carbocycles. The number of benzene rings is 2. The van der Waals surface area contributed by atoms with Gasteiger partial charge in [-0.25, -0.2) is 0 Å². The lowest BCUT2D eigenvalue weighted by Gasteiger charge is -2.09. The molecule has 0 saturated heterocycles. The molecule has 106 valence electrons. The highest BCUT2D eigenvalue weighted by Gasteiger charge is 2.07. The van der Waals surface area contributed by atoms with Crippen molar-refractivity contribution < 1.29 is 14.3 Å². The average Bonchev–Trinajstić information content (AvgIpc) is 2.53. The van der Waals surface area contributed by atoms with Crippen LogP contribution in [-0.4, -0.2) is 12.9 Å². The maximum atomic E-state index is 11.7. The van der Waals surface area contributed by atoms with Crippen LogP contribution in [0.1, 0.15) is 29.3 Å². The van der Waals surface area contributed by atoms with E-state index in [4.69, 9.17) is 14.7 Å². The number of hydrogen-bond donors (Lipinski definition) is 0. The Morgan fingerprint density at radius 3 is 2.57 bits per heavy atom. The van der Waals surface area contributed by atoms with E-state index in [2.05, 4.69) is 6.07 Å². The summed E-state index contributed by atoms with van der Waals surface area (Å²) in [6.07, 6.45) is 0.446. The zero-order valence-electron chi connectivity index (χ0n) is 11.9. The van der Waals surface area contributed by atoms with Crippen LogP contribution in [0.4, 0.5) is 0 Å². The van der Waals surface area contributed by atoms with E-state index in [0.29, 0.717) is 34.8 Å². The van der Waals surface area contributed by atoms with Crippen LogP contribution in [-0.2, 0) is 0 Å². The van der Waals surface area contributed by atoms with Gasteiger partial charge >= 0.3 is 0 Å². The van der Waals surface area contributed by atoms with Gasteiger partial charge in [0.1, 0.15) is 17.2 Å². The Balaban J connectivity index is 2.30. The second-order valence-electron chi connectivity index (χ2n) is 4.42. The largest absolute Gasteiger partial charge is 0.497 e. The molecular formula is C17H15NO3. The fourth-order valence-corrected chi connectivity index (χ4v) is 1.89. The van der Waals surface area contributed by atoms with E-state index in [9.17, 15) is 4.79 Å². The molecule has 2 rings (SSSR count). The molecule has 0 bridgehead atoms. The van der Waals surface area contributed by atoms with Gasteiger partial charge in [0.15, 0.2) is 5.78 Å². The summed E-state index contributed by atoms with van der Waals surface area (Å²) in [5.74, 6) is 1.65. The number of ketones is 1. The quantitative estimate of drug-likeness (QED) is 0.778. The van der Waals surface area contributed by atoms with Gasteiger partial charge in [0.25, 0.3) is 0 Å². The Kier molecular flexibility index (Phi) is 4.57. The van der Waals surface area contributed by atoms with Gasteiger partial charge in [0.05, 0.1) is 18.7 Å². The first-order valence-corrected chi connectivity index (χ1v) is 6.56. The second kappa shape index (κ2) is 6.58. The zero-order valence-corrected chi connectivity index (χ0v) is 11.9. The first-order chi connectivity index (χ1) is 10.2. The van der Waals surface area contributed by atoms with Crippen LogP contribution >= 0.6 is 0 Å². The standard InChI is InChI=1S/C17H15NO3/c1-3-17(19)13-5-4-6-14(9-13)21-16-8-12(11-18)7-15(10-16)20-2/h4-10H,3H2,1-2H3. The third-order valence-corrected chi connectivity index (χ3v) is 2.96. The minimum absolute atomic E-state index is 0.0591. The number of carbonyl (C=O) groups excluding carboxylic acids is 1. The van der Waals surface area contributed by atoms with Crippen molar-refractivity contribution in [3.8, 4) is 23.3 Å². The van der Waals surface area contributed by atoms with Crippen molar-refractivity contribution in [2.24, 2.45) is 0 Å². The molecule has 0 aliphatic heterocycles. The third-order valence-electron chi connectivity index (χ3n) is 2.96. The summed E-state index contributed by atoms with van der Waals surface area (Å²) in [4.78, 5) is 11.7. The van der Waals surface area contributed by atoms with Crippen LogP contribution in [0, 0.1) is 11.3 Å². The van der Waals surface area contributed by atoms with Gasteiger partial charge in [0, 0.05) is 18.1 Å². The summed E-state index contributed by atoms with van der Waals surface area (Å²) in [5.41, 5.74) is 1.06. The Labute approximate surface area is 123 Å². The molecule has 21 heavy (non-hydrogen) atoms. The Morgan fingerprint density at radius 2 is 1.90 bits per heavy atom. The van der Waals surface area contributed by atoms with E-state index >= 15 is 0 Å². The van der Waals surface area contributed by atoms with Gasteiger partial charge < -0.3 is 9.47 Å². The number of rotatable bonds is 5. The normalized spacial score (nSPS) is 9.76. The molecule has 0 aliphatic rings. The SMILES string of the molecule is CCC(=O)c1cccc(Oc2cc(C#N)cc(OC)c2)c1. The summed E-state index contributed by atoms with van der Waals surface area (Å²) in [5, 5.41) is 8.99. The highest BCUT2D eigenvalue weighted by Crippen LogP contribution is 2.27. The van der Waals surface area contributed by atoms with E-state index in [1.165, 1.54) is 7.11 Å². The van der Waals surface area contributed by atoms with Crippen LogP contribution in [0.25, 0.3) is 0 Å². The fourth-order valence-electron chi connectivity index (χ4n) is 1.89. The van der Waals surface area contributed by atoms with Crippen molar-refractivity contribution in [3.63, 3.8) is 0 Å². The first-order valence-electron chi connectivity index (χ1n) is 6.56. The maximum Gasteiger partial charge on any atom is 0.162 e. The van der Waals surface area contributed by atoms with Crippen molar-refractivity contribution in [3.05, 3.63) is 53.6 Å². The van der Waals surface area contributed by atoms with E-state index in [1.54, 1.807) is 42.5 Å². The minimum Gasteiger partial charge on any atom is -0.497 e. The smallest absolute Gasteiger partial charge is 0.162 e. The molecule has 0 atom stereocenters. The van der Waals surface area contributed by atoms with Gasteiger partial charge in [-0.05, 0) is 24.3 Å². The molecule has 0 spiro atoms. The van der Waals surface area contributed by atoms with E-state index in [1.807, 2.05) is 6.92 Å². The van der Waals surface area contributed by atoms with Crippen molar-refractivity contribution in [1.82, 2.24) is 0 Å².